The quantitative estimate of drug-likeness (QED) is 0.0692. The third-order valence-corrected chi connectivity index (χ3v) is 13.3. The molecule has 6 N–H and O–H groups in total. The van der Waals surface area contributed by atoms with E-state index in [0.29, 0.717) is 29.0 Å². The normalized spacial score (nSPS) is 12.2. The molecule has 16 heteroatoms. The number of halogens is 1. The largest absolute Gasteiger partial charge is 0.444 e. The molecule has 9 aromatic rings. The fraction of sp³-hybridized carbons (Fsp3) is 0.109. The molecule has 0 fully saturated rings. The fourth-order valence-corrected chi connectivity index (χ4v) is 9.76. The molecule has 2 aliphatic heterocycles. The monoisotopic (exact) mass is 1060 g/mol. The van der Waals surface area contributed by atoms with Crippen LogP contribution in [0.2, 0.25) is 0 Å². The summed E-state index contributed by atoms with van der Waals surface area (Å²) in [5.41, 5.74) is 11.5. The Hall–Kier alpha value is -10.5. The summed E-state index contributed by atoms with van der Waals surface area (Å²) in [5, 5.41) is 8.54. The summed E-state index contributed by atoms with van der Waals surface area (Å²) in [7, 11) is 0. The standard InChI is InChI=1S/C64H52FN9O6/c1-64(2,3)80-63(79)72-54(35-38-13-7-4-8-14-38)61(77)67-44-25-21-42(22-26-44)59-51-32-30-49(70-51)57(40-17-11-6-12-18-40)47-28-27-46(68-47)56(39-15-9-5-10-16-39)48-29-31-50(69-48)58(52-33-34-53(59)71-52)41-19-23-43(24-20-41)66-55(75)37-74-36-45(65)60(76)73-62(74)78/h4-34,36,54,69-70H,35,37H2,1-3H3,(H,66,75)(H,67,77)(H,72,79)(H,73,76,78)/t54-/m0/s1. The SMILES string of the molecule is CC(C)(C)OC(=O)N[C@@H](Cc1ccccc1)C(=O)Nc1ccc(-c2c3nc(c(-c4ccc(NC(=O)Cn5cc(F)c(=O)[nH]c5=O)cc4)c4ccc([nH]4)c(-c4ccccc4)c4nc(c(-c5ccccc5)c5ccc2[nH]5)C=C4)C=C3)cc1. The third-order valence-electron chi connectivity index (χ3n) is 13.3. The van der Waals surface area contributed by atoms with Gasteiger partial charge in [-0.2, -0.15) is 4.39 Å². The Morgan fingerprint density at radius 1 is 0.550 bits per heavy atom. The van der Waals surface area contributed by atoms with Gasteiger partial charge in [-0.05, 0) is 121 Å². The minimum Gasteiger partial charge on any atom is -0.444 e. The van der Waals surface area contributed by atoms with Crippen molar-refractivity contribution in [1.29, 1.82) is 0 Å². The van der Waals surface area contributed by atoms with Crippen LogP contribution in [-0.2, 0) is 27.3 Å². The first-order chi connectivity index (χ1) is 38.7. The van der Waals surface area contributed by atoms with Gasteiger partial charge in [-0.3, -0.25) is 23.9 Å². The molecule has 396 valence electrons. The topological polar surface area (TPSA) is 209 Å². The summed E-state index contributed by atoms with van der Waals surface area (Å²) in [6.45, 7) is 4.75. The lowest BCUT2D eigenvalue weighted by atomic mass is 10.0. The molecule has 4 aromatic heterocycles. The average Bonchev–Trinajstić information content (AvgIpc) is 4.38. The summed E-state index contributed by atoms with van der Waals surface area (Å²) < 4.78 is 20.4. The first kappa shape index (κ1) is 51.6. The minimum atomic E-state index is -1.19. The van der Waals surface area contributed by atoms with Crippen LogP contribution >= 0.6 is 0 Å². The summed E-state index contributed by atoms with van der Waals surface area (Å²) in [4.78, 5) is 84.3. The maximum Gasteiger partial charge on any atom is 0.408 e. The molecule has 6 heterocycles. The van der Waals surface area contributed by atoms with Crippen molar-refractivity contribution in [2.45, 2.75) is 45.4 Å². The molecule has 0 unspecified atom stereocenters. The second kappa shape index (κ2) is 21.9. The summed E-state index contributed by atoms with van der Waals surface area (Å²) in [5.74, 6) is -2.23. The second-order valence-electron chi connectivity index (χ2n) is 20.2. The maximum absolute atomic E-state index is 14.1. The Morgan fingerprint density at radius 3 is 1.40 bits per heavy atom. The van der Waals surface area contributed by atoms with Crippen LogP contribution in [0.3, 0.4) is 0 Å². The number of H-pyrrole nitrogens is 3. The minimum absolute atomic E-state index is 0.230. The molecule has 5 aromatic carbocycles. The van der Waals surface area contributed by atoms with Gasteiger partial charge in [0.2, 0.25) is 17.6 Å². The number of aromatic amines is 3. The van der Waals surface area contributed by atoms with Gasteiger partial charge in [0, 0.05) is 62.1 Å². The van der Waals surface area contributed by atoms with E-state index in [1.807, 2.05) is 157 Å². The average molecular weight is 1060 g/mol. The van der Waals surface area contributed by atoms with E-state index in [1.165, 1.54) is 0 Å². The van der Waals surface area contributed by atoms with Crippen molar-refractivity contribution in [3.8, 4) is 44.5 Å². The number of nitrogens with one attached hydrogen (secondary N) is 6. The van der Waals surface area contributed by atoms with Crippen molar-refractivity contribution < 1.29 is 23.5 Å². The number of rotatable bonds is 12. The van der Waals surface area contributed by atoms with Gasteiger partial charge in [-0.15, -0.1) is 0 Å². The van der Waals surface area contributed by atoms with Crippen LogP contribution in [-0.4, -0.2) is 59.0 Å². The number of anilines is 2. The Bertz CT molecular complexity index is 4220. The number of amides is 3. The summed E-state index contributed by atoms with van der Waals surface area (Å²) in [6.07, 6.45) is 8.21. The molecular formula is C64H52FN9O6. The van der Waals surface area contributed by atoms with Gasteiger partial charge in [0.15, 0.2) is 0 Å². The van der Waals surface area contributed by atoms with E-state index in [0.717, 1.165) is 88.1 Å². The van der Waals surface area contributed by atoms with Crippen molar-refractivity contribution in [2.24, 2.45) is 0 Å². The molecule has 11 rings (SSSR count). The van der Waals surface area contributed by atoms with E-state index in [9.17, 15) is 28.4 Å². The molecule has 0 aliphatic carbocycles. The molecule has 15 nitrogen and oxygen atoms in total. The number of alkyl carbamates (subject to hydrolysis) is 1. The molecule has 8 bridgehead atoms. The van der Waals surface area contributed by atoms with Crippen LogP contribution < -0.4 is 27.2 Å². The van der Waals surface area contributed by atoms with Gasteiger partial charge in [0.05, 0.1) is 29.0 Å². The molecule has 3 amide bonds. The summed E-state index contributed by atoms with van der Waals surface area (Å²) in [6, 6.07) is 51.4. The number of nitrogens with zero attached hydrogens (tertiary/aromatic N) is 3. The lowest BCUT2D eigenvalue weighted by molar-refractivity contribution is -0.118. The molecule has 1 atom stereocenters. The Morgan fingerprint density at radius 2 is 0.963 bits per heavy atom. The van der Waals surface area contributed by atoms with Crippen molar-refractivity contribution in [2.75, 3.05) is 10.6 Å². The molecular weight excluding hydrogens is 1010 g/mol. The highest BCUT2D eigenvalue weighted by Crippen LogP contribution is 2.39. The lowest BCUT2D eigenvalue weighted by Crippen LogP contribution is -2.47. The molecule has 80 heavy (non-hydrogen) atoms. The Kier molecular flexibility index (Phi) is 14.1. The van der Waals surface area contributed by atoms with Gasteiger partial charge in [-0.25, -0.2) is 19.6 Å². The first-order valence-corrected chi connectivity index (χ1v) is 25.8. The molecule has 0 saturated carbocycles. The van der Waals surface area contributed by atoms with Crippen molar-refractivity contribution in [3.63, 3.8) is 0 Å². The van der Waals surface area contributed by atoms with E-state index >= 15 is 0 Å². The zero-order valence-electron chi connectivity index (χ0n) is 43.6. The van der Waals surface area contributed by atoms with Crippen molar-refractivity contribution in [1.82, 2.24) is 34.8 Å². The number of carbonyl (C=O) groups is 3. The van der Waals surface area contributed by atoms with E-state index < -0.39 is 53.2 Å². The van der Waals surface area contributed by atoms with Crippen LogP contribution in [0.15, 0.2) is 180 Å². The molecule has 0 radical (unpaired) electrons. The number of ether oxygens (including phenoxy) is 1. The number of hydrogen-bond donors (Lipinski definition) is 6. The van der Waals surface area contributed by atoms with Crippen LogP contribution in [0.4, 0.5) is 20.6 Å². The van der Waals surface area contributed by atoms with Gasteiger partial charge in [0.1, 0.15) is 18.2 Å². The smallest absolute Gasteiger partial charge is 0.408 e. The Labute approximate surface area is 457 Å². The van der Waals surface area contributed by atoms with E-state index in [-0.39, 0.29) is 6.42 Å². The van der Waals surface area contributed by atoms with E-state index in [4.69, 9.17) is 14.7 Å². The van der Waals surface area contributed by atoms with E-state index in [2.05, 4.69) is 50.2 Å². The predicted molar refractivity (Wildman–Crippen MR) is 312 cm³/mol. The van der Waals surface area contributed by atoms with Gasteiger partial charge in [0.25, 0.3) is 5.56 Å². The highest BCUT2D eigenvalue weighted by Gasteiger charge is 2.26. The number of aromatic nitrogens is 6. The van der Waals surface area contributed by atoms with Gasteiger partial charge < -0.3 is 30.7 Å². The summed E-state index contributed by atoms with van der Waals surface area (Å²) >= 11 is 0. The molecule has 0 spiro atoms. The number of benzene rings is 5. The third kappa shape index (κ3) is 11.3. The highest BCUT2D eigenvalue weighted by atomic mass is 19.1. The van der Waals surface area contributed by atoms with Crippen molar-refractivity contribution in [3.05, 3.63) is 225 Å². The maximum atomic E-state index is 14.1. The van der Waals surface area contributed by atoms with Crippen LogP contribution in [0.1, 0.15) is 49.1 Å². The van der Waals surface area contributed by atoms with E-state index in [1.54, 1.807) is 32.9 Å². The van der Waals surface area contributed by atoms with Crippen LogP contribution in [0, 0.1) is 5.82 Å². The van der Waals surface area contributed by atoms with Gasteiger partial charge >= 0.3 is 11.8 Å². The van der Waals surface area contributed by atoms with Crippen LogP contribution in [0.5, 0.6) is 0 Å². The zero-order valence-corrected chi connectivity index (χ0v) is 43.6. The molecule has 0 saturated heterocycles. The van der Waals surface area contributed by atoms with Crippen molar-refractivity contribution >= 4 is 75.7 Å². The Balaban J connectivity index is 1.05. The lowest BCUT2D eigenvalue weighted by Gasteiger charge is -2.23. The predicted octanol–water partition coefficient (Wildman–Crippen LogP) is 12.0. The highest BCUT2D eigenvalue weighted by molar-refractivity contribution is 6.01. The second-order valence-corrected chi connectivity index (χ2v) is 20.2. The first-order valence-electron chi connectivity index (χ1n) is 25.8. The number of hydrogen-bond acceptors (Lipinski definition) is 8. The number of carbonyl (C=O) groups excluding carboxylic acids is 3. The zero-order chi connectivity index (χ0) is 55.5. The van der Waals surface area contributed by atoms with Crippen LogP contribution in [0.25, 0.3) is 90.9 Å². The number of fused-ring (bicyclic) bond motifs is 8. The fourth-order valence-electron chi connectivity index (χ4n) is 9.76. The molecule has 2 aliphatic rings. The van der Waals surface area contributed by atoms with Gasteiger partial charge in [-0.1, -0.05) is 115 Å².